The maximum atomic E-state index is 12.4. The minimum absolute atomic E-state index is 0.0331. The van der Waals surface area contributed by atoms with Crippen LogP contribution in [0, 0.1) is 0 Å². The second-order valence-corrected chi connectivity index (χ2v) is 7.12. The van der Waals surface area contributed by atoms with Gasteiger partial charge in [0.05, 0.1) is 33.4 Å². The summed E-state index contributed by atoms with van der Waals surface area (Å²) in [6.45, 7) is 0. The Kier molecular flexibility index (Phi) is 7.02. The van der Waals surface area contributed by atoms with Crippen LogP contribution in [0.1, 0.15) is 10.4 Å². The highest BCUT2D eigenvalue weighted by molar-refractivity contribution is 7.80. The number of anilines is 1. The van der Waals surface area contributed by atoms with Crippen LogP contribution in [0.25, 0.3) is 0 Å². The van der Waals surface area contributed by atoms with Crippen molar-refractivity contribution < 1.29 is 9.53 Å². The van der Waals surface area contributed by atoms with Crippen molar-refractivity contribution in [2.75, 3.05) is 12.4 Å². The van der Waals surface area contributed by atoms with Gasteiger partial charge in [-0.3, -0.25) is 10.1 Å². The van der Waals surface area contributed by atoms with E-state index in [2.05, 4.69) is 10.6 Å². The Labute approximate surface area is 174 Å². The van der Waals surface area contributed by atoms with Crippen molar-refractivity contribution in [2.24, 2.45) is 0 Å². The number of nitrogens with one attached hydrogen (secondary N) is 2. The number of halogens is 5. The quantitative estimate of drug-likeness (QED) is 0.547. The van der Waals surface area contributed by atoms with E-state index in [0.717, 1.165) is 0 Å². The summed E-state index contributed by atoms with van der Waals surface area (Å²) in [5.74, 6) is -0.395. The smallest absolute Gasteiger partial charge is 0.261 e. The fourth-order valence-corrected chi connectivity index (χ4v) is 3.59. The van der Waals surface area contributed by atoms with Crippen LogP contribution in [0.5, 0.6) is 5.75 Å². The number of carbonyl (C=O) groups is 1. The van der Waals surface area contributed by atoms with E-state index in [-0.39, 0.29) is 36.5 Å². The van der Waals surface area contributed by atoms with Crippen molar-refractivity contribution in [3.63, 3.8) is 0 Å². The third-order valence-electron chi connectivity index (χ3n) is 2.93. The molecular weight excluding hydrogens is 450 g/mol. The zero-order valence-electron chi connectivity index (χ0n) is 12.4. The minimum Gasteiger partial charge on any atom is -0.494 e. The number of methoxy groups -OCH3 is 1. The molecule has 0 aliphatic rings. The minimum atomic E-state index is -0.569. The molecule has 0 aliphatic carbocycles. The van der Waals surface area contributed by atoms with Crippen LogP contribution in [-0.2, 0) is 0 Å². The van der Waals surface area contributed by atoms with Crippen molar-refractivity contribution in [1.29, 1.82) is 0 Å². The molecule has 10 heteroatoms. The first kappa shape index (κ1) is 20.4. The molecule has 0 fully saturated rings. The standard InChI is InChI=1S/C15H9Cl5N2O2S/c1-24-13-8(2-6(16)5-11(13)20)14(23)22-15(25)21-12-9(18)3-7(17)4-10(12)19/h2-5H,1H3,(H2,21,22,23,25). The number of ether oxygens (including phenoxy) is 1. The largest absolute Gasteiger partial charge is 0.494 e. The average Bonchev–Trinajstić information content (AvgIpc) is 2.50. The van der Waals surface area contributed by atoms with Crippen molar-refractivity contribution in [1.82, 2.24) is 5.32 Å². The summed E-state index contributed by atoms with van der Waals surface area (Å²) in [4.78, 5) is 12.4. The molecule has 0 saturated carbocycles. The Hall–Kier alpha value is -0.950. The first-order chi connectivity index (χ1) is 11.7. The zero-order valence-corrected chi connectivity index (χ0v) is 17.0. The van der Waals surface area contributed by atoms with Crippen LogP contribution in [0.2, 0.25) is 25.1 Å². The van der Waals surface area contributed by atoms with Gasteiger partial charge in [0.15, 0.2) is 5.11 Å². The second-order valence-electron chi connectivity index (χ2n) is 4.62. The van der Waals surface area contributed by atoms with Gasteiger partial charge in [-0.1, -0.05) is 58.0 Å². The molecule has 0 bridgehead atoms. The maximum absolute atomic E-state index is 12.4. The highest BCUT2D eigenvalue weighted by atomic mass is 35.5. The van der Waals surface area contributed by atoms with E-state index in [1.54, 1.807) is 0 Å². The van der Waals surface area contributed by atoms with E-state index in [4.69, 9.17) is 75.0 Å². The highest BCUT2D eigenvalue weighted by Crippen LogP contribution is 2.34. The van der Waals surface area contributed by atoms with Crippen molar-refractivity contribution >= 4 is 86.9 Å². The molecule has 0 aromatic heterocycles. The summed E-state index contributed by atoms with van der Waals surface area (Å²) in [6, 6.07) is 5.85. The van der Waals surface area contributed by atoms with E-state index in [0.29, 0.717) is 10.7 Å². The van der Waals surface area contributed by atoms with Gasteiger partial charge < -0.3 is 10.1 Å². The van der Waals surface area contributed by atoms with Gasteiger partial charge in [-0.05, 0) is 36.5 Å². The summed E-state index contributed by atoms with van der Waals surface area (Å²) in [6.07, 6.45) is 0. The molecule has 2 rings (SSSR count). The lowest BCUT2D eigenvalue weighted by Crippen LogP contribution is -2.34. The van der Waals surface area contributed by atoms with Gasteiger partial charge in [-0.15, -0.1) is 0 Å². The van der Waals surface area contributed by atoms with Crippen molar-refractivity contribution in [2.45, 2.75) is 0 Å². The van der Waals surface area contributed by atoms with Crippen LogP contribution in [0.3, 0.4) is 0 Å². The molecule has 0 saturated heterocycles. The first-order valence-electron chi connectivity index (χ1n) is 6.52. The number of carbonyl (C=O) groups excluding carboxylic acids is 1. The van der Waals surface area contributed by atoms with Crippen LogP contribution >= 0.6 is 70.2 Å². The average molecular weight is 459 g/mol. The topological polar surface area (TPSA) is 50.4 Å². The monoisotopic (exact) mass is 456 g/mol. The van der Waals surface area contributed by atoms with Gasteiger partial charge in [0.25, 0.3) is 5.91 Å². The van der Waals surface area contributed by atoms with Gasteiger partial charge in [-0.2, -0.15) is 0 Å². The predicted molar refractivity (Wildman–Crippen MR) is 108 cm³/mol. The molecule has 132 valence electrons. The Morgan fingerprint density at radius 3 is 2.04 bits per heavy atom. The van der Waals surface area contributed by atoms with Crippen LogP contribution < -0.4 is 15.4 Å². The summed E-state index contributed by atoms with van der Waals surface area (Å²) in [7, 11) is 1.38. The molecule has 0 radical (unpaired) electrons. The number of benzene rings is 2. The lowest BCUT2D eigenvalue weighted by Gasteiger charge is -2.14. The summed E-state index contributed by atoms with van der Waals surface area (Å²) >= 11 is 35.0. The fraction of sp³-hybridized carbons (Fsp3) is 0.0667. The predicted octanol–water partition coefficient (Wildman–Crippen LogP) is 6.09. The molecule has 0 aliphatic heterocycles. The molecule has 0 atom stereocenters. The number of hydrogen-bond acceptors (Lipinski definition) is 3. The molecule has 2 aromatic rings. The Morgan fingerprint density at radius 2 is 1.48 bits per heavy atom. The first-order valence-corrected chi connectivity index (χ1v) is 8.82. The van der Waals surface area contributed by atoms with E-state index in [1.165, 1.54) is 31.4 Å². The summed E-state index contributed by atoms with van der Waals surface area (Å²) in [5.41, 5.74) is 0.437. The van der Waals surface area contributed by atoms with E-state index in [1.807, 2.05) is 0 Å². The van der Waals surface area contributed by atoms with Gasteiger partial charge in [0.2, 0.25) is 0 Å². The third kappa shape index (κ3) is 5.03. The molecule has 4 nitrogen and oxygen atoms in total. The molecule has 2 aromatic carbocycles. The lowest BCUT2D eigenvalue weighted by atomic mass is 10.2. The molecule has 25 heavy (non-hydrogen) atoms. The van der Waals surface area contributed by atoms with Crippen LogP contribution in [-0.4, -0.2) is 18.1 Å². The van der Waals surface area contributed by atoms with Gasteiger partial charge in [0.1, 0.15) is 5.75 Å². The Bertz CT molecular complexity index is 837. The van der Waals surface area contributed by atoms with Crippen LogP contribution in [0.15, 0.2) is 24.3 Å². The van der Waals surface area contributed by atoms with Crippen molar-refractivity contribution in [3.05, 3.63) is 54.9 Å². The van der Waals surface area contributed by atoms with Crippen molar-refractivity contribution in [3.8, 4) is 5.75 Å². The molecule has 0 heterocycles. The summed E-state index contributed by atoms with van der Waals surface area (Å²) in [5, 5.41) is 6.53. The normalized spacial score (nSPS) is 10.3. The fourth-order valence-electron chi connectivity index (χ4n) is 1.91. The van der Waals surface area contributed by atoms with Crippen LogP contribution in [0.4, 0.5) is 5.69 Å². The molecule has 1 amide bonds. The lowest BCUT2D eigenvalue weighted by molar-refractivity contribution is 0.0975. The van der Waals surface area contributed by atoms with Gasteiger partial charge in [-0.25, -0.2) is 0 Å². The maximum Gasteiger partial charge on any atom is 0.261 e. The molecule has 2 N–H and O–H groups in total. The SMILES string of the molecule is COc1c(Cl)cc(Cl)cc1C(=O)NC(=S)Nc1c(Cl)cc(Cl)cc1Cl. The Morgan fingerprint density at radius 1 is 0.960 bits per heavy atom. The summed E-state index contributed by atoms with van der Waals surface area (Å²) < 4.78 is 5.13. The highest BCUT2D eigenvalue weighted by Gasteiger charge is 2.18. The number of thiocarbonyl (C=S) groups is 1. The van der Waals surface area contributed by atoms with Gasteiger partial charge >= 0.3 is 0 Å². The molecular formula is C15H9Cl5N2O2S. The Balaban J connectivity index is 2.21. The second kappa shape index (κ2) is 8.62. The molecule has 0 unspecified atom stereocenters. The number of hydrogen-bond donors (Lipinski definition) is 2. The number of amides is 1. The zero-order chi connectivity index (χ0) is 18.7. The van der Waals surface area contributed by atoms with E-state index in [9.17, 15) is 4.79 Å². The number of rotatable bonds is 3. The van der Waals surface area contributed by atoms with E-state index < -0.39 is 5.91 Å². The van der Waals surface area contributed by atoms with Gasteiger partial charge in [0, 0.05) is 10.0 Å². The van der Waals surface area contributed by atoms with E-state index >= 15 is 0 Å². The molecule has 0 spiro atoms. The third-order valence-corrected chi connectivity index (χ3v) is 4.45.